The third kappa shape index (κ3) is 3.93. The number of amides is 2. The van der Waals surface area contributed by atoms with Crippen molar-refractivity contribution in [3.05, 3.63) is 11.1 Å². The largest absolute Gasteiger partial charge is 0.352 e. The van der Waals surface area contributed by atoms with Crippen LogP contribution in [-0.2, 0) is 9.59 Å². The van der Waals surface area contributed by atoms with Crippen LogP contribution in [0.1, 0.15) is 46.5 Å². The first-order valence-corrected chi connectivity index (χ1v) is 9.79. The molecule has 0 aromatic rings. The van der Waals surface area contributed by atoms with Crippen LogP contribution in [0.25, 0.3) is 0 Å². The van der Waals surface area contributed by atoms with Crippen molar-refractivity contribution in [1.29, 1.82) is 0 Å². The molecular formula is C19H31FN4O2. The number of hydrogen-bond acceptors (Lipinski definition) is 4. The highest BCUT2D eigenvalue weighted by Crippen LogP contribution is 2.32. The van der Waals surface area contributed by atoms with Gasteiger partial charge in [-0.2, -0.15) is 0 Å². The third-order valence-electron chi connectivity index (χ3n) is 6.15. The highest BCUT2D eigenvalue weighted by Gasteiger charge is 2.39. The maximum atomic E-state index is 14.1. The van der Waals surface area contributed by atoms with Gasteiger partial charge in [0.15, 0.2) is 0 Å². The lowest BCUT2D eigenvalue weighted by Crippen LogP contribution is -2.58. The predicted molar refractivity (Wildman–Crippen MR) is 98.3 cm³/mol. The number of carbonyl (C=O) groups is 2. The topological polar surface area (TPSA) is 82.3 Å². The molecule has 5 unspecified atom stereocenters. The van der Waals surface area contributed by atoms with Gasteiger partial charge in [-0.25, -0.2) is 4.39 Å². The van der Waals surface area contributed by atoms with Crippen molar-refractivity contribution >= 4 is 11.8 Å². The molecule has 6 nitrogen and oxygen atoms in total. The van der Waals surface area contributed by atoms with Gasteiger partial charge in [-0.15, -0.1) is 0 Å². The van der Waals surface area contributed by atoms with E-state index in [0.717, 1.165) is 31.5 Å². The molecule has 0 spiro atoms. The van der Waals surface area contributed by atoms with E-state index in [1.54, 1.807) is 0 Å². The molecule has 0 bridgehead atoms. The van der Waals surface area contributed by atoms with Crippen LogP contribution in [0.2, 0.25) is 0 Å². The summed E-state index contributed by atoms with van der Waals surface area (Å²) in [6.45, 7) is 7.56. The Labute approximate surface area is 154 Å². The average molecular weight is 366 g/mol. The lowest BCUT2D eigenvalue weighted by atomic mass is 9.76. The molecule has 0 saturated carbocycles. The summed E-state index contributed by atoms with van der Waals surface area (Å²) in [6, 6.07) is -0.267. The van der Waals surface area contributed by atoms with Gasteiger partial charge in [-0.05, 0) is 53.1 Å². The molecule has 0 aliphatic carbocycles. The summed E-state index contributed by atoms with van der Waals surface area (Å²) in [5.74, 6) is -0.145. The smallest absolute Gasteiger partial charge is 0.247 e. The Bertz CT molecular complexity index is 594. The molecule has 6 atom stereocenters. The Morgan fingerprint density at radius 3 is 2.81 bits per heavy atom. The van der Waals surface area contributed by atoms with E-state index in [-0.39, 0.29) is 48.3 Å². The van der Waals surface area contributed by atoms with Gasteiger partial charge >= 0.3 is 0 Å². The minimum Gasteiger partial charge on any atom is -0.352 e. The highest BCUT2D eigenvalue weighted by molar-refractivity contribution is 6.00. The fourth-order valence-electron chi connectivity index (χ4n) is 4.73. The predicted octanol–water partition coefficient (Wildman–Crippen LogP) is 0.784. The van der Waals surface area contributed by atoms with E-state index < -0.39 is 6.17 Å². The Kier molecular flexibility index (Phi) is 5.97. The van der Waals surface area contributed by atoms with Gasteiger partial charge in [-0.3, -0.25) is 9.59 Å². The second kappa shape index (κ2) is 8.05. The van der Waals surface area contributed by atoms with Gasteiger partial charge in [0.1, 0.15) is 6.17 Å². The van der Waals surface area contributed by atoms with Gasteiger partial charge in [0, 0.05) is 29.6 Å². The Morgan fingerprint density at radius 1 is 1.31 bits per heavy atom. The SMILES string of the molecule is CC1=C(CC(=O)N[C@H](C)C2NCCCC2F)C(=O)NC2CCNC(C)C12. The molecule has 4 N–H and O–H groups in total. The fraction of sp³-hybridized carbons (Fsp3) is 0.789. The van der Waals surface area contributed by atoms with Crippen LogP contribution in [0.3, 0.4) is 0 Å². The van der Waals surface area contributed by atoms with Crippen LogP contribution in [0.4, 0.5) is 4.39 Å². The van der Waals surface area contributed by atoms with Crippen molar-refractivity contribution in [3.8, 4) is 0 Å². The van der Waals surface area contributed by atoms with Crippen molar-refractivity contribution in [2.75, 3.05) is 13.1 Å². The molecule has 3 heterocycles. The zero-order valence-electron chi connectivity index (χ0n) is 15.9. The van der Waals surface area contributed by atoms with E-state index in [0.29, 0.717) is 12.0 Å². The van der Waals surface area contributed by atoms with E-state index >= 15 is 0 Å². The summed E-state index contributed by atoms with van der Waals surface area (Å²) >= 11 is 0. The van der Waals surface area contributed by atoms with Gasteiger partial charge in [0.2, 0.25) is 11.8 Å². The second-order valence-corrected chi connectivity index (χ2v) is 7.97. The Balaban J connectivity index is 1.65. The van der Waals surface area contributed by atoms with E-state index in [2.05, 4.69) is 28.2 Å². The molecule has 7 heteroatoms. The minimum atomic E-state index is -0.951. The zero-order valence-corrected chi connectivity index (χ0v) is 15.9. The number of hydrogen-bond donors (Lipinski definition) is 4. The molecule has 3 rings (SSSR count). The van der Waals surface area contributed by atoms with Gasteiger partial charge in [-0.1, -0.05) is 5.57 Å². The quantitative estimate of drug-likeness (QED) is 0.593. The van der Waals surface area contributed by atoms with Crippen molar-refractivity contribution in [2.45, 2.75) is 76.8 Å². The molecule has 0 aromatic heterocycles. The first-order chi connectivity index (χ1) is 12.4. The van der Waals surface area contributed by atoms with Crippen LogP contribution in [0.5, 0.6) is 0 Å². The summed E-state index contributed by atoms with van der Waals surface area (Å²) in [4.78, 5) is 25.0. The van der Waals surface area contributed by atoms with E-state index in [1.165, 1.54) is 0 Å². The Morgan fingerprint density at radius 2 is 2.08 bits per heavy atom. The normalized spacial score (nSPS) is 36.2. The van der Waals surface area contributed by atoms with E-state index in [1.807, 2.05) is 13.8 Å². The number of halogens is 1. The standard InChI is InChI=1S/C19H31FN4O2/c1-10-13(19(26)24-15-6-8-21-11(2)17(10)15)9-16(25)23-12(3)18-14(20)5-4-7-22-18/h11-12,14-15,17-18,21-22H,4-9H2,1-3H3,(H,23,25)(H,24,26)/t11?,12-,14?,15?,17?,18?/m1/s1. The maximum Gasteiger partial charge on any atom is 0.247 e. The number of nitrogens with one attached hydrogen (secondary N) is 4. The molecule has 2 fully saturated rings. The van der Waals surface area contributed by atoms with Gasteiger partial charge < -0.3 is 21.3 Å². The Hall–Kier alpha value is -1.47. The van der Waals surface area contributed by atoms with Crippen molar-refractivity contribution in [1.82, 2.24) is 21.3 Å². The first kappa shape index (κ1) is 19.3. The van der Waals surface area contributed by atoms with Gasteiger partial charge in [0.25, 0.3) is 0 Å². The molecule has 3 aliphatic heterocycles. The first-order valence-electron chi connectivity index (χ1n) is 9.79. The molecule has 2 amide bonds. The molecule has 26 heavy (non-hydrogen) atoms. The van der Waals surface area contributed by atoms with E-state index in [4.69, 9.17) is 0 Å². The van der Waals surface area contributed by atoms with Gasteiger partial charge in [0.05, 0.1) is 12.5 Å². The summed E-state index contributed by atoms with van der Waals surface area (Å²) in [5, 5.41) is 12.5. The highest BCUT2D eigenvalue weighted by atomic mass is 19.1. The third-order valence-corrected chi connectivity index (χ3v) is 6.15. The lowest BCUT2D eigenvalue weighted by molar-refractivity contribution is -0.124. The number of alkyl halides is 1. The monoisotopic (exact) mass is 366 g/mol. The van der Waals surface area contributed by atoms with Crippen LogP contribution in [0, 0.1) is 5.92 Å². The molecule has 0 radical (unpaired) electrons. The fourth-order valence-corrected chi connectivity index (χ4v) is 4.73. The molecule has 146 valence electrons. The van der Waals surface area contributed by atoms with Crippen LogP contribution >= 0.6 is 0 Å². The van der Waals surface area contributed by atoms with Crippen LogP contribution in [-0.4, -0.2) is 55.2 Å². The summed E-state index contributed by atoms with van der Waals surface area (Å²) in [6.07, 6.45) is 1.34. The van der Waals surface area contributed by atoms with E-state index in [9.17, 15) is 14.0 Å². The number of fused-ring (bicyclic) bond motifs is 1. The summed E-state index contributed by atoms with van der Waals surface area (Å²) in [7, 11) is 0. The minimum absolute atomic E-state index is 0.0433. The molecule has 0 aromatic carbocycles. The average Bonchev–Trinajstić information content (AvgIpc) is 2.58. The molecule has 2 saturated heterocycles. The summed E-state index contributed by atoms with van der Waals surface area (Å²) < 4.78 is 14.1. The molecule has 3 aliphatic rings. The maximum absolute atomic E-state index is 14.1. The van der Waals surface area contributed by atoms with Crippen LogP contribution in [0.15, 0.2) is 11.1 Å². The van der Waals surface area contributed by atoms with Crippen molar-refractivity contribution < 1.29 is 14.0 Å². The number of piperidine rings is 2. The molecular weight excluding hydrogens is 335 g/mol. The lowest BCUT2D eigenvalue weighted by Gasteiger charge is -2.42. The number of rotatable bonds is 4. The van der Waals surface area contributed by atoms with Crippen molar-refractivity contribution in [3.63, 3.8) is 0 Å². The second-order valence-electron chi connectivity index (χ2n) is 7.97. The van der Waals surface area contributed by atoms with Crippen LogP contribution < -0.4 is 21.3 Å². The zero-order chi connectivity index (χ0) is 18.8. The number of carbonyl (C=O) groups excluding carboxylic acids is 2. The summed E-state index contributed by atoms with van der Waals surface area (Å²) in [5.41, 5.74) is 1.56. The van der Waals surface area contributed by atoms with Crippen molar-refractivity contribution in [2.24, 2.45) is 5.92 Å².